The van der Waals surface area contributed by atoms with Gasteiger partial charge in [-0.05, 0) is 19.1 Å². The average molecular weight is 347 g/mol. The summed E-state index contributed by atoms with van der Waals surface area (Å²) in [6, 6.07) is 15.4. The minimum absolute atomic E-state index is 0.0529. The van der Waals surface area contributed by atoms with Gasteiger partial charge in [0, 0.05) is 11.1 Å². The van der Waals surface area contributed by atoms with Crippen LogP contribution < -0.4 is 11.0 Å². The van der Waals surface area contributed by atoms with Crippen molar-refractivity contribution in [1.82, 2.24) is 9.97 Å². The summed E-state index contributed by atoms with van der Waals surface area (Å²) in [5.74, 6) is -0.357. The summed E-state index contributed by atoms with van der Waals surface area (Å²) in [5, 5.41) is 13.1. The molecule has 2 N–H and O–H groups in total. The molecule has 0 spiro atoms. The van der Waals surface area contributed by atoms with Gasteiger partial charge >= 0.3 is 0 Å². The Labute approximate surface area is 148 Å². The maximum Gasteiger partial charge on any atom is 0.270 e. The van der Waals surface area contributed by atoms with Crippen molar-refractivity contribution < 1.29 is 4.39 Å². The number of rotatable bonds is 4. The first-order valence-corrected chi connectivity index (χ1v) is 7.73. The normalized spacial score (nSPS) is 10.7. The molecular formula is C19H14FN5O. The average Bonchev–Trinajstić information content (AvgIpc) is 2.65. The number of nitriles is 1. The second kappa shape index (κ2) is 7.40. The SMILES string of the molecule is Cc1ccc(F)c(C=NNc2nc(-c3ccccc3)c(C#N)c(=O)[nH]2)c1. The minimum Gasteiger partial charge on any atom is -0.290 e. The van der Waals surface area contributed by atoms with Crippen LogP contribution >= 0.6 is 0 Å². The number of nitrogens with zero attached hydrogens (tertiary/aromatic N) is 3. The molecule has 1 aromatic heterocycles. The molecule has 0 atom stereocenters. The summed E-state index contributed by atoms with van der Waals surface area (Å²) in [7, 11) is 0. The van der Waals surface area contributed by atoms with Crippen molar-refractivity contribution in [3.05, 3.63) is 81.4 Å². The number of aryl methyl sites for hydroxylation is 1. The topological polar surface area (TPSA) is 93.9 Å². The molecule has 0 amide bonds. The second-order valence-corrected chi connectivity index (χ2v) is 5.51. The summed E-state index contributed by atoms with van der Waals surface area (Å²) in [6.07, 6.45) is 1.29. The van der Waals surface area contributed by atoms with Crippen LogP contribution in [0.4, 0.5) is 10.3 Å². The molecule has 0 saturated heterocycles. The van der Waals surface area contributed by atoms with Gasteiger partial charge in [0.25, 0.3) is 5.56 Å². The van der Waals surface area contributed by atoms with Crippen LogP contribution in [0.1, 0.15) is 16.7 Å². The quantitative estimate of drug-likeness (QED) is 0.560. The van der Waals surface area contributed by atoms with Crippen LogP contribution in [0.3, 0.4) is 0 Å². The van der Waals surface area contributed by atoms with E-state index in [1.54, 1.807) is 36.4 Å². The summed E-state index contributed by atoms with van der Waals surface area (Å²) in [4.78, 5) is 18.8. The fraction of sp³-hybridized carbons (Fsp3) is 0.0526. The number of hydrazone groups is 1. The number of halogens is 1. The predicted molar refractivity (Wildman–Crippen MR) is 97.4 cm³/mol. The van der Waals surface area contributed by atoms with Gasteiger partial charge in [0.05, 0.1) is 11.9 Å². The summed E-state index contributed by atoms with van der Waals surface area (Å²) >= 11 is 0. The van der Waals surface area contributed by atoms with E-state index in [1.807, 2.05) is 19.1 Å². The predicted octanol–water partition coefficient (Wildman–Crippen LogP) is 3.20. The molecule has 2 aromatic carbocycles. The van der Waals surface area contributed by atoms with E-state index in [2.05, 4.69) is 20.5 Å². The molecule has 1 heterocycles. The Balaban J connectivity index is 1.93. The smallest absolute Gasteiger partial charge is 0.270 e. The van der Waals surface area contributed by atoms with Gasteiger partial charge in [-0.3, -0.25) is 9.78 Å². The van der Waals surface area contributed by atoms with Crippen LogP contribution in [0.15, 0.2) is 58.4 Å². The number of aromatic nitrogens is 2. The third kappa shape index (κ3) is 3.65. The van der Waals surface area contributed by atoms with E-state index in [0.29, 0.717) is 11.1 Å². The molecule has 0 unspecified atom stereocenters. The number of H-pyrrole nitrogens is 1. The molecule has 26 heavy (non-hydrogen) atoms. The van der Waals surface area contributed by atoms with Gasteiger partial charge in [0.1, 0.15) is 17.4 Å². The van der Waals surface area contributed by atoms with Crippen LogP contribution in [0, 0.1) is 24.1 Å². The van der Waals surface area contributed by atoms with Crippen molar-refractivity contribution in [3.8, 4) is 17.3 Å². The maximum atomic E-state index is 13.7. The van der Waals surface area contributed by atoms with Gasteiger partial charge in [-0.15, -0.1) is 0 Å². The molecule has 7 heteroatoms. The number of aromatic amines is 1. The molecule has 0 aliphatic rings. The number of benzene rings is 2. The van der Waals surface area contributed by atoms with E-state index in [9.17, 15) is 14.4 Å². The number of hydrogen-bond acceptors (Lipinski definition) is 5. The van der Waals surface area contributed by atoms with Crippen molar-refractivity contribution in [3.63, 3.8) is 0 Å². The lowest BCUT2D eigenvalue weighted by molar-refractivity contribution is 0.625. The highest BCUT2D eigenvalue weighted by atomic mass is 19.1. The van der Waals surface area contributed by atoms with Crippen LogP contribution in [0.5, 0.6) is 0 Å². The highest BCUT2D eigenvalue weighted by Crippen LogP contribution is 2.19. The molecule has 0 radical (unpaired) electrons. The Morgan fingerprint density at radius 3 is 2.77 bits per heavy atom. The van der Waals surface area contributed by atoms with E-state index < -0.39 is 11.4 Å². The minimum atomic E-state index is -0.583. The van der Waals surface area contributed by atoms with E-state index in [4.69, 9.17) is 0 Å². The lowest BCUT2D eigenvalue weighted by Crippen LogP contribution is -2.16. The van der Waals surface area contributed by atoms with Gasteiger partial charge in [0.15, 0.2) is 0 Å². The first-order chi connectivity index (χ1) is 12.6. The standard InChI is InChI=1S/C19H14FN5O/c1-12-7-8-16(20)14(9-12)11-22-25-19-23-17(13-5-3-2-4-6-13)15(10-21)18(26)24-19/h2-9,11H,1H3,(H2,23,24,25,26). The molecule has 3 aromatic rings. The molecule has 3 rings (SSSR count). The summed E-state index contributed by atoms with van der Waals surface area (Å²) < 4.78 is 13.7. The van der Waals surface area contributed by atoms with E-state index in [-0.39, 0.29) is 17.2 Å². The van der Waals surface area contributed by atoms with Crippen molar-refractivity contribution in [2.45, 2.75) is 6.92 Å². The van der Waals surface area contributed by atoms with Crippen LogP contribution in [-0.2, 0) is 0 Å². The first kappa shape index (κ1) is 17.0. The van der Waals surface area contributed by atoms with Crippen LogP contribution in [0.2, 0.25) is 0 Å². The van der Waals surface area contributed by atoms with Gasteiger partial charge in [0.2, 0.25) is 5.95 Å². The molecule has 128 valence electrons. The molecular weight excluding hydrogens is 333 g/mol. The Hall–Kier alpha value is -3.79. The fourth-order valence-electron chi connectivity index (χ4n) is 2.36. The molecule has 0 aliphatic carbocycles. The number of nitrogens with one attached hydrogen (secondary N) is 2. The molecule has 0 fully saturated rings. The number of hydrogen-bond donors (Lipinski definition) is 2. The Kier molecular flexibility index (Phi) is 4.85. The zero-order valence-corrected chi connectivity index (χ0v) is 13.8. The first-order valence-electron chi connectivity index (χ1n) is 7.73. The van der Waals surface area contributed by atoms with Crippen molar-refractivity contribution >= 4 is 12.2 Å². The third-order valence-corrected chi connectivity index (χ3v) is 3.60. The lowest BCUT2D eigenvalue weighted by atomic mass is 10.1. The van der Waals surface area contributed by atoms with Gasteiger partial charge in [-0.1, -0.05) is 42.0 Å². The molecule has 0 aliphatic heterocycles. The maximum absolute atomic E-state index is 13.7. The van der Waals surface area contributed by atoms with E-state index >= 15 is 0 Å². The Morgan fingerprint density at radius 2 is 2.04 bits per heavy atom. The lowest BCUT2D eigenvalue weighted by Gasteiger charge is -2.06. The van der Waals surface area contributed by atoms with E-state index in [1.165, 1.54) is 12.3 Å². The molecule has 0 bridgehead atoms. The third-order valence-electron chi connectivity index (χ3n) is 3.60. The second-order valence-electron chi connectivity index (χ2n) is 5.51. The van der Waals surface area contributed by atoms with Gasteiger partial charge in [-0.25, -0.2) is 14.8 Å². The highest BCUT2D eigenvalue weighted by Gasteiger charge is 2.12. The van der Waals surface area contributed by atoms with Crippen LogP contribution in [-0.4, -0.2) is 16.2 Å². The van der Waals surface area contributed by atoms with Crippen LogP contribution in [0.25, 0.3) is 11.3 Å². The van der Waals surface area contributed by atoms with Gasteiger partial charge < -0.3 is 0 Å². The monoisotopic (exact) mass is 347 g/mol. The van der Waals surface area contributed by atoms with E-state index in [0.717, 1.165) is 5.56 Å². The zero-order chi connectivity index (χ0) is 18.5. The fourth-order valence-corrected chi connectivity index (χ4v) is 2.36. The van der Waals surface area contributed by atoms with Crippen molar-refractivity contribution in [1.29, 1.82) is 5.26 Å². The zero-order valence-electron chi connectivity index (χ0n) is 13.8. The highest BCUT2D eigenvalue weighted by molar-refractivity contribution is 5.80. The largest absolute Gasteiger partial charge is 0.290 e. The Morgan fingerprint density at radius 1 is 1.27 bits per heavy atom. The summed E-state index contributed by atoms with van der Waals surface area (Å²) in [5.41, 5.74) is 3.97. The summed E-state index contributed by atoms with van der Waals surface area (Å²) in [6.45, 7) is 1.84. The van der Waals surface area contributed by atoms with Crippen molar-refractivity contribution in [2.24, 2.45) is 5.10 Å². The molecule has 0 saturated carbocycles. The Bertz CT molecular complexity index is 1070. The molecule has 6 nitrogen and oxygen atoms in total. The van der Waals surface area contributed by atoms with Crippen molar-refractivity contribution in [2.75, 3.05) is 5.43 Å². The number of anilines is 1. The van der Waals surface area contributed by atoms with Gasteiger partial charge in [-0.2, -0.15) is 10.4 Å².